The van der Waals surface area contributed by atoms with Gasteiger partial charge < -0.3 is 10.6 Å². The third kappa shape index (κ3) is 5.45. The topological polar surface area (TPSA) is 127 Å². The molecule has 0 aliphatic heterocycles. The zero-order chi connectivity index (χ0) is 18.9. The molecule has 2 N–H and O–H groups in total. The third-order valence-electron chi connectivity index (χ3n) is 3.28. The second-order valence-corrected chi connectivity index (χ2v) is 6.08. The van der Waals surface area contributed by atoms with Crippen molar-refractivity contribution in [3.63, 3.8) is 0 Å². The standard InChI is InChI=1S/C16H16N4O5S/c21-16(11-26-15-8-4-3-7-14(15)20(24)25)18-10-9-17-12-5-1-2-6-13(12)19(22)23/h1-8,17H,9-11H2,(H,18,21). The van der Waals surface area contributed by atoms with Gasteiger partial charge in [0.2, 0.25) is 5.91 Å². The number of nitro groups is 2. The fourth-order valence-corrected chi connectivity index (χ4v) is 2.96. The summed E-state index contributed by atoms with van der Waals surface area (Å²) in [7, 11) is 0. The van der Waals surface area contributed by atoms with Gasteiger partial charge >= 0.3 is 0 Å². The Kier molecular flexibility index (Phi) is 6.92. The summed E-state index contributed by atoms with van der Waals surface area (Å²) in [6, 6.07) is 12.4. The number of carbonyl (C=O) groups is 1. The van der Waals surface area contributed by atoms with E-state index in [9.17, 15) is 25.0 Å². The third-order valence-corrected chi connectivity index (χ3v) is 4.35. The van der Waals surface area contributed by atoms with Crippen LogP contribution in [0.1, 0.15) is 0 Å². The van der Waals surface area contributed by atoms with Gasteiger partial charge in [-0.25, -0.2) is 0 Å². The fourth-order valence-electron chi connectivity index (χ4n) is 2.11. The van der Waals surface area contributed by atoms with Crippen LogP contribution in [0.3, 0.4) is 0 Å². The van der Waals surface area contributed by atoms with Crippen molar-refractivity contribution in [2.75, 3.05) is 24.2 Å². The molecule has 0 unspecified atom stereocenters. The van der Waals surface area contributed by atoms with Crippen LogP contribution < -0.4 is 10.6 Å². The minimum atomic E-state index is -0.489. The first-order valence-corrected chi connectivity index (χ1v) is 8.58. The zero-order valence-electron chi connectivity index (χ0n) is 13.6. The van der Waals surface area contributed by atoms with E-state index in [-0.39, 0.29) is 29.6 Å². The maximum absolute atomic E-state index is 11.8. The van der Waals surface area contributed by atoms with Crippen LogP contribution in [0.25, 0.3) is 0 Å². The Morgan fingerprint density at radius 1 is 0.923 bits per heavy atom. The number of nitrogens with zero attached hydrogens (tertiary/aromatic N) is 2. The van der Waals surface area contributed by atoms with E-state index in [0.29, 0.717) is 17.1 Å². The average Bonchev–Trinajstić information content (AvgIpc) is 2.64. The molecule has 0 saturated carbocycles. The predicted octanol–water partition coefficient (Wildman–Crippen LogP) is 2.82. The van der Waals surface area contributed by atoms with Crippen molar-refractivity contribution < 1.29 is 14.6 Å². The number of nitro benzene ring substituents is 2. The summed E-state index contributed by atoms with van der Waals surface area (Å²) in [6.07, 6.45) is 0. The van der Waals surface area contributed by atoms with Crippen LogP contribution in [0.5, 0.6) is 0 Å². The number of hydrogen-bond acceptors (Lipinski definition) is 7. The van der Waals surface area contributed by atoms with Crippen LogP contribution in [-0.4, -0.2) is 34.6 Å². The Morgan fingerprint density at radius 3 is 2.23 bits per heavy atom. The molecule has 0 fully saturated rings. The molecule has 0 saturated heterocycles. The van der Waals surface area contributed by atoms with Crippen molar-refractivity contribution in [2.45, 2.75) is 4.90 Å². The molecule has 26 heavy (non-hydrogen) atoms. The van der Waals surface area contributed by atoms with Gasteiger partial charge in [0, 0.05) is 25.2 Å². The van der Waals surface area contributed by atoms with Gasteiger partial charge in [-0.2, -0.15) is 0 Å². The van der Waals surface area contributed by atoms with Crippen LogP contribution in [0.4, 0.5) is 17.1 Å². The molecule has 2 aromatic rings. The second kappa shape index (κ2) is 9.37. The molecule has 136 valence electrons. The Bertz CT molecular complexity index is 815. The van der Waals surface area contributed by atoms with Gasteiger partial charge in [0.25, 0.3) is 11.4 Å². The van der Waals surface area contributed by atoms with E-state index >= 15 is 0 Å². The van der Waals surface area contributed by atoms with Crippen molar-refractivity contribution >= 4 is 34.7 Å². The minimum Gasteiger partial charge on any atom is -0.378 e. The number of hydrogen-bond donors (Lipinski definition) is 2. The lowest BCUT2D eigenvalue weighted by molar-refractivity contribution is -0.387. The number of rotatable bonds is 9. The first-order valence-electron chi connectivity index (χ1n) is 7.59. The smallest absolute Gasteiger partial charge is 0.292 e. The highest BCUT2D eigenvalue weighted by Gasteiger charge is 2.14. The molecule has 1 amide bonds. The van der Waals surface area contributed by atoms with Gasteiger partial charge in [-0.3, -0.25) is 25.0 Å². The molecule has 2 aromatic carbocycles. The summed E-state index contributed by atoms with van der Waals surface area (Å²) in [4.78, 5) is 33.1. The normalized spacial score (nSPS) is 10.2. The molecule has 0 radical (unpaired) electrons. The van der Waals surface area contributed by atoms with Gasteiger partial charge in [-0.1, -0.05) is 24.3 Å². The van der Waals surface area contributed by atoms with Crippen LogP contribution in [0, 0.1) is 20.2 Å². The molecule has 0 atom stereocenters. The molecule has 0 heterocycles. The predicted molar refractivity (Wildman–Crippen MR) is 98.4 cm³/mol. The molecule has 0 aromatic heterocycles. The lowest BCUT2D eigenvalue weighted by Gasteiger charge is -2.08. The molecule has 0 aliphatic carbocycles. The Labute approximate surface area is 153 Å². The molecular formula is C16H16N4O5S. The highest BCUT2D eigenvalue weighted by Crippen LogP contribution is 2.28. The Morgan fingerprint density at radius 2 is 1.54 bits per heavy atom. The maximum Gasteiger partial charge on any atom is 0.292 e. The largest absolute Gasteiger partial charge is 0.378 e. The van der Waals surface area contributed by atoms with Crippen molar-refractivity contribution in [3.05, 3.63) is 68.8 Å². The quantitative estimate of drug-likeness (QED) is 0.298. The number of benzene rings is 2. The summed E-state index contributed by atoms with van der Waals surface area (Å²) in [5.41, 5.74) is 0.301. The van der Waals surface area contributed by atoms with E-state index in [2.05, 4.69) is 10.6 Å². The summed E-state index contributed by atoms with van der Waals surface area (Å²) >= 11 is 1.08. The Hall–Kier alpha value is -3.14. The number of thioether (sulfide) groups is 1. The van der Waals surface area contributed by atoms with Crippen molar-refractivity contribution in [1.29, 1.82) is 0 Å². The van der Waals surface area contributed by atoms with Gasteiger partial charge in [-0.05, 0) is 12.1 Å². The van der Waals surface area contributed by atoms with E-state index in [1.807, 2.05) is 0 Å². The second-order valence-electron chi connectivity index (χ2n) is 5.06. The van der Waals surface area contributed by atoms with Crippen LogP contribution >= 0.6 is 11.8 Å². The monoisotopic (exact) mass is 376 g/mol. The van der Waals surface area contributed by atoms with Gasteiger partial charge in [-0.15, -0.1) is 11.8 Å². The van der Waals surface area contributed by atoms with Crippen LogP contribution in [-0.2, 0) is 4.79 Å². The highest BCUT2D eigenvalue weighted by molar-refractivity contribution is 8.00. The van der Waals surface area contributed by atoms with Crippen molar-refractivity contribution in [1.82, 2.24) is 5.32 Å². The first kappa shape index (κ1) is 19.2. The summed E-state index contributed by atoms with van der Waals surface area (Å²) in [6.45, 7) is 0.578. The lowest BCUT2D eigenvalue weighted by atomic mass is 10.2. The minimum absolute atomic E-state index is 0.0363. The van der Waals surface area contributed by atoms with E-state index in [4.69, 9.17) is 0 Å². The number of anilines is 1. The summed E-state index contributed by atoms with van der Waals surface area (Å²) in [5, 5.41) is 27.4. The molecule has 10 heteroatoms. The van der Waals surface area contributed by atoms with Crippen molar-refractivity contribution in [2.24, 2.45) is 0 Å². The van der Waals surface area contributed by atoms with E-state index in [0.717, 1.165) is 11.8 Å². The first-order chi connectivity index (χ1) is 12.5. The lowest BCUT2D eigenvalue weighted by Crippen LogP contribution is -2.30. The number of nitrogens with one attached hydrogen (secondary N) is 2. The number of carbonyl (C=O) groups excluding carboxylic acids is 1. The van der Waals surface area contributed by atoms with Crippen molar-refractivity contribution in [3.8, 4) is 0 Å². The van der Waals surface area contributed by atoms with E-state index in [1.54, 1.807) is 36.4 Å². The van der Waals surface area contributed by atoms with E-state index in [1.165, 1.54) is 12.1 Å². The van der Waals surface area contributed by atoms with E-state index < -0.39 is 9.85 Å². The fraction of sp³-hybridized carbons (Fsp3) is 0.188. The number of para-hydroxylation sites is 3. The number of amides is 1. The molecular weight excluding hydrogens is 360 g/mol. The molecule has 0 aliphatic rings. The Balaban J connectivity index is 1.77. The van der Waals surface area contributed by atoms with Gasteiger partial charge in [0.1, 0.15) is 5.69 Å². The summed E-state index contributed by atoms with van der Waals surface area (Å²) in [5.74, 6) is -0.242. The van der Waals surface area contributed by atoms with Crippen LogP contribution in [0.15, 0.2) is 53.4 Å². The van der Waals surface area contributed by atoms with Gasteiger partial charge in [0.05, 0.1) is 20.5 Å². The average molecular weight is 376 g/mol. The molecule has 0 bridgehead atoms. The zero-order valence-corrected chi connectivity index (χ0v) is 14.4. The SMILES string of the molecule is O=C(CSc1ccccc1[N+](=O)[O-])NCCNc1ccccc1[N+](=O)[O-]. The van der Waals surface area contributed by atoms with Crippen LogP contribution in [0.2, 0.25) is 0 Å². The maximum atomic E-state index is 11.8. The molecule has 2 rings (SSSR count). The molecule has 0 spiro atoms. The summed E-state index contributed by atoms with van der Waals surface area (Å²) < 4.78 is 0. The molecule has 9 nitrogen and oxygen atoms in total. The highest BCUT2D eigenvalue weighted by atomic mass is 32.2. The van der Waals surface area contributed by atoms with Gasteiger partial charge in [0.15, 0.2) is 0 Å².